The Labute approximate surface area is 192 Å². The van der Waals surface area contributed by atoms with Crippen LogP contribution in [0, 0.1) is 0 Å². The van der Waals surface area contributed by atoms with Crippen molar-refractivity contribution < 1.29 is 33.1 Å². The first kappa shape index (κ1) is 25.5. The van der Waals surface area contributed by atoms with Crippen LogP contribution in [-0.4, -0.2) is 95.1 Å². The van der Waals surface area contributed by atoms with Crippen LogP contribution >= 0.6 is 0 Å². The zero-order valence-corrected chi connectivity index (χ0v) is 19.5. The molecule has 0 spiro atoms. The molecule has 0 aromatic carbocycles. The molecule has 0 N–H and O–H groups in total. The summed E-state index contributed by atoms with van der Waals surface area (Å²) >= 11 is 0. The van der Waals surface area contributed by atoms with Crippen molar-refractivity contribution in [2.24, 2.45) is 0 Å². The van der Waals surface area contributed by atoms with E-state index in [4.69, 9.17) is 28.4 Å². The summed E-state index contributed by atoms with van der Waals surface area (Å²) in [6.45, 7) is 14.1. The smallest absolute Gasteiger partial charge is 0.157 e. The lowest BCUT2D eigenvalue weighted by atomic mass is 9.79. The highest BCUT2D eigenvalue weighted by molar-refractivity contribution is 4.96. The van der Waals surface area contributed by atoms with Crippen LogP contribution in [0.5, 0.6) is 0 Å². The van der Waals surface area contributed by atoms with Gasteiger partial charge in [-0.25, -0.2) is 0 Å². The van der Waals surface area contributed by atoms with E-state index in [0.717, 1.165) is 11.1 Å². The Bertz CT molecular complexity index is 558. The molecule has 8 nitrogen and oxygen atoms in total. The number of nitrogens with zero attached hydrogens (tertiary/aromatic N) is 2. The zero-order valence-electron chi connectivity index (χ0n) is 19.5. The summed E-state index contributed by atoms with van der Waals surface area (Å²) < 4.78 is 37.0. The Kier molecular flexibility index (Phi) is 10.3. The van der Waals surface area contributed by atoms with E-state index in [0.29, 0.717) is 118 Å². The minimum absolute atomic E-state index is 0.459. The maximum atomic E-state index is 12.0. The van der Waals surface area contributed by atoms with Gasteiger partial charge in [0.25, 0.3) is 0 Å². The summed E-state index contributed by atoms with van der Waals surface area (Å²) in [6, 6.07) is 0. The van der Waals surface area contributed by atoms with Gasteiger partial charge in [0.1, 0.15) is 0 Å². The topological polar surface area (TPSA) is 80.7 Å². The van der Waals surface area contributed by atoms with Gasteiger partial charge in [0.05, 0.1) is 79.3 Å². The van der Waals surface area contributed by atoms with Gasteiger partial charge < -0.3 is 38.6 Å². The summed E-state index contributed by atoms with van der Waals surface area (Å²) in [5, 5.41) is 0. The Balaban J connectivity index is 1.98. The molecule has 3 rings (SSSR count). The fraction of sp³-hybridized carbons (Fsp3) is 0.833. The van der Waals surface area contributed by atoms with Crippen LogP contribution in [0.15, 0.2) is 24.3 Å². The molecule has 0 saturated carbocycles. The number of hydrogen-bond donors (Lipinski definition) is 0. The van der Waals surface area contributed by atoms with E-state index < -0.39 is 11.1 Å². The van der Waals surface area contributed by atoms with E-state index in [9.17, 15) is 5.53 Å². The number of rotatable bonds is 0. The lowest BCUT2D eigenvalue weighted by Gasteiger charge is -2.45. The van der Waals surface area contributed by atoms with E-state index >= 15 is 0 Å². The lowest BCUT2D eigenvalue weighted by Crippen LogP contribution is -2.56. The molecule has 0 radical (unpaired) electrons. The van der Waals surface area contributed by atoms with Gasteiger partial charge in [-0.15, -0.1) is 0 Å². The summed E-state index contributed by atoms with van der Waals surface area (Å²) in [6.07, 6.45) is 3.98. The highest BCUT2D eigenvalue weighted by Crippen LogP contribution is 2.37. The molecule has 3 aliphatic rings. The fourth-order valence-corrected chi connectivity index (χ4v) is 4.73. The van der Waals surface area contributed by atoms with Crippen LogP contribution in [-0.2, 0) is 28.4 Å². The normalized spacial score (nSPS) is 33.6. The molecule has 0 amide bonds. The van der Waals surface area contributed by atoms with Crippen LogP contribution in [0.3, 0.4) is 0 Å². The van der Waals surface area contributed by atoms with E-state index in [1.807, 2.05) is 0 Å². The number of hydrogen-bond acceptors (Lipinski definition) is 6. The second kappa shape index (κ2) is 12.9. The molecule has 8 heteroatoms. The third-order valence-corrected chi connectivity index (χ3v) is 6.77. The van der Waals surface area contributed by atoms with E-state index in [-0.39, 0.29) is 0 Å². The Morgan fingerprint density at radius 1 is 0.500 bits per heavy atom. The highest BCUT2D eigenvalue weighted by Gasteiger charge is 2.49. The second-order valence-corrected chi connectivity index (χ2v) is 9.20. The van der Waals surface area contributed by atoms with Crippen LogP contribution in [0.1, 0.15) is 38.5 Å². The van der Waals surface area contributed by atoms with Crippen LogP contribution in [0.25, 0.3) is 5.53 Å². The SMILES string of the molecule is C=C1COCCC23CCOCCOCCC(CCOC1)(CCOCC(=C)COCC2)[N+]3=[N-]. The predicted molar refractivity (Wildman–Crippen MR) is 120 cm³/mol. The van der Waals surface area contributed by atoms with E-state index in [1.54, 1.807) is 4.70 Å². The Hall–Kier alpha value is -1.16. The summed E-state index contributed by atoms with van der Waals surface area (Å²) in [5.41, 5.74) is 12.7. The van der Waals surface area contributed by atoms with Gasteiger partial charge >= 0.3 is 0 Å². The quantitative estimate of drug-likeness (QED) is 0.415. The van der Waals surface area contributed by atoms with Crippen LogP contribution in [0.2, 0.25) is 0 Å². The molecule has 0 unspecified atom stereocenters. The fourth-order valence-electron chi connectivity index (χ4n) is 4.73. The molecule has 0 aromatic rings. The van der Waals surface area contributed by atoms with Crippen molar-refractivity contribution in [3.05, 3.63) is 29.8 Å². The average molecular weight is 453 g/mol. The first-order valence-corrected chi connectivity index (χ1v) is 11.9. The monoisotopic (exact) mass is 452 g/mol. The number of ether oxygens (including phenoxy) is 6. The first-order valence-electron chi connectivity index (χ1n) is 11.9. The molecular formula is C24H40N2O6. The van der Waals surface area contributed by atoms with Crippen molar-refractivity contribution >= 4 is 0 Å². The second-order valence-electron chi connectivity index (χ2n) is 9.20. The van der Waals surface area contributed by atoms with Gasteiger partial charge in [0, 0.05) is 38.5 Å². The summed E-state index contributed by atoms with van der Waals surface area (Å²) in [7, 11) is 0. The predicted octanol–water partition coefficient (Wildman–Crippen LogP) is 3.09. The molecule has 2 bridgehead atoms. The first-order chi connectivity index (χ1) is 15.6. The molecule has 3 saturated heterocycles. The van der Waals surface area contributed by atoms with Gasteiger partial charge in [0.2, 0.25) is 0 Å². The third-order valence-electron chi connectivity index (χ3n) is 6.77. The molecule has 0 aliphatic carbocycles. The Morgan fingerprint density at radius 2 is 0.781 bits per heavy atom. The molecule has 182 valence electrons. The van der Waals surface area contributed by atoms with Gasteiger partial charge in [-0.2, -0.15) is 0 Å². The molecular weight excluding hydrogens is 412 g/mol. The largest absolute Gasteiger partial charge is 0.506 e. The minimum Gasteiger partial charge on any atom is -0.506 e. The van der Waals surface area contributed by atoms with Crippen molar-refractivity contribution in [1.29, 1.82) is 0 Å². The zero-order chi connectivity index (χ0) is 22.7. The van der Waals surface area contributed by atoms with Gasteiger partial charge in [-0.05, 0) is 11.1 Å². The highest BCUT2D eigenvalue weighted by atomic mass is 16.5. The van der Waals surface area contributed by atoms with Crippen molar-refractivity contribution in [3.8, 4) is 0 Å². The van der Waals surface area contributed by atoms with Crippen LogP contribution < -0.4 is 0 Å². The molecule has 3 aliphatic heterocycles. The third kappa shape index (κ3) is 7.17. The maximum absolute atomic E-state index is 12.0. The van der Waals surface area contributed by atoms with Crippen molar-refractivity contribution in [2.45, 2.75) is 49.6 Å². The van der Waals surface area contributed by atoms with Gasteiger partial charge in [-0.1, -0.05) is 13.2 Å². The maximum Gasteiger partial charge on any atom is 0.157 e. The average Bonchev–Trinajstić information content (AvgIpc) is 2.81. The molecule has 3 fully saturated rings. The van der Waals surface area contributed by atoms with Crippen LogP contribution in [0.4, 0.5) is 0 Å². The lowest BCUT2D eigenvalue weighted by molar-refractivity contribution is -0.702. The van der Waals surface area contributed by atoms with E-state index in [2.05, 4.69) is 13.2 Å². The minimum atomic E-state index is -0.564. The molecule has 3 heterocycles. The summed E-state index contributed by atoms with van der Waals surface area (Å²) in [5.74, 6) is 0. The standard InChI is InChI=1S/C24H40N2O6/c1-21-17-29-11-5-23-3-9-27-15-16-28-10-4-24(26(23)25,6-12-30-18-21)8-14-32-20-22(2)19-31-13-7-23/h1-20H2. The Morgan fingerprint density at radius 3 is 1.09 bits per heavy atom. The van der Waals surface area contributed by atoms with E-state index in [1.165, 1.54) is 0 Å². The van der Waals surface area contributed by atoms with Gasteiger partial charge in [0.15, 0.2) is 11.1 Å². The van der Waals surface area contributed by atoms with Gasteiger partial charge in [-0.3, -0.25) is 0 Å². The summed E-state index contributed by atoms with van der Waals surface area (Å²) in [4.78, 5) is 0. The molecule has 32 heavy (non-hydrogen) atoms. The molecule has 0 aromatic heterocycles. The van der Waals surface area contributed by atoms with Crippen molar-refractivity contribution in [1.82, 2.24) is 0 Å². The van der Waals surface area contributed by atoms with Crippen molar-refractivity contribution in [3.63, 3.8) is 0 Å². The van der Waals surface area contributed by atoms with Crippen molar-refractivity contribution in [2.75, 3.05) is 79.3 Å². The molecule has 0 atom stereocenters.